The average Bonchev–Trinajstić information content (AvgIpc) is 4.16. The number of pyridine rings is 2. The quantitative estimate of drug-likeness (QED) is 0.139. The lowest BCUT2D eigenvalue weighted by atomic mass is 10.0. The Labute approximate surface area is 380 Å². The SMILES string of the molecule is CC.CC.CC.CC.CC.CC.Cc1ccc(-c2nc3ccc(-c4ccc5nc(C)[nH]c5c4)cc3[nH]2)nc1.Cc1cncc(-c2nc3ccc(-c4ccc5nc(C)[nH]c5c4)cc3[nH]2)c1. The second-order valence-electron chi connectivity index (χ2n) is 13.2. The van der Waals surface area contributed by atoms with Gasteiger partial charge in [0, 0.05) is 24.2 Å². The maximum Gasteiger partial charge on any atom is 0.157 e. The van der Waals surface area contributed by atoms with E-state index in [0.717, 1.165) is 112 Å². The molecule has 10 rings (SSSR count). The van der Waals surface area contributed by atoms with Crippen molar-refractivity contribution in [1.82, 2.24) is 49.8 Å². The fourth-order valence-corrected chi connectivity index (χ4v) is 6.56. The van der Waals surface area contributed by atoms with Gasteiger partial charge in [0.05, 0.1) is 44.1 Å². The van der Waals surface area contributed by atoms with E-state index >= 15 is 0 Å². The van der Waals surface area contributed by atoms with Gasteiger partial charge in [-0.05, 0) is 122 Å². The van der Waals surface area contributed by atoms with E-state index in [-0.39, 0.29) is 0 Å². The predicted octanol–water partition coefficient (Wildman–Crippen LogP) is 15.7. The summed E-state index contributed by atoms with van der Waals surface area (Å²) < 4.78 is 0. The first-order valence-electron chi connectivity index (χ1n) is 23.1. The van der Waals surface area contributed by atoms with Crippen LogP contribution in [0.2, 0.25) is 0 Å². The number of rotatable bonds is 4. The lowest BCUT2D eigenvalue weighted by molar-refractivity contribution is 1.17. The molecular formula is C54H70N10. The fourth-order valence-electron chi connectivity index (χ4n) is 6.56. The Balaban J connectivity index is 0.000000276. The zero-order valence-corrected chi connectivity index (χ0v) is 41.1. The van der Waals surface area contributed by atoms with Gasteiger partial charge in [-0.2, -0.15) is 0 Å². The van der Waals surface area contributed by atoms with Crippen LogP contribution in [0.1, 0.15) is 106 Å². The van der Waals surface area contributed by atoms with E-state index in [1.807, 2.05) is 154 Å². The monoisotopic (exact) mass is 859 g/mol. The Morgan fingerprint density at radius 1 is 0.328 bits per heavy atom. The Bertz CT molecular complexity index is 2910. The van der Waals surface area contributed by atoms with Crippen LogP contribution in [-0.4, -0.2) is 49.8 Å². The minimum Gasteiger partial charge on any atom is -0.342 e. The molecule has 10 heteroatoms. The van der Waals surface area contributed by atoms with Crippen molar-refractivity contribution in [1.29, 1.82) is 0 Å². The number of hydrogen-bond donors (Lipinski definition) is 4. The molecule has 0 spiro atoms. The number of imidazole rings is 4. The number of aromatic nitrogens is 10. The molecule has 0 saturated heterocycles. The maximum atomic E-state index is 4.70. The summed E-state index contributed by atoms with van der Waals surface area (Å²) in [5.41, 5.74) is 16.7. The summed E-state index contributed by atoms with van der Waals surface area (Å²) in [6, 6.07) is 31.3. The van der Waals surface area contributed by atoms with Crippen LogP contribution in [0.15, 0.2) is 110 Å². The molecule has 0 amide bonds. The van der Waals surface area contributed by atoms with Crippen LogP contribution in [-0.2, 0) is 0 Å². The van der Waals surface area contributed by atoms with Crippen LogP contribution in [0.5, 0.6) is 0 Å². The predicted molar refractivity (Wildman–Crippen MR) is 276 cm³/mol. The summed E-state index contributed by atoms with van der Waals surface area (Å²) in [5, 5.41) is 0. The van der Waals surface area contributed by atoms with Crippen molar-refractivity contribution in [3.05, 3.63) is 132 Å². The molecule has 64 heavy (non-hydrogen) atoms. The van der Waals surface area contributed by atoms with Gasteiger partial charge in [-0.1, -0.05) is 113 Å². The summed E-state index contributed by atoms with van der Waals surface area (Å²) in [4.78, 5) is 40.4. The molecule has 0 radical (unpaired) electrons. The topological polar surface area (TPSA) is 140 Å². The van der Waals surface area contributed by atoms with Gasteiger partial charge in [0.2, 0.25) is 0 Å². The van der Waals surface area contributed by atoms with E-state index in [4.69, 9.17) is 4.98 Å². The molecule has 0 aliphatic rings. The zero-order valence-electron chi connectivity index (χ0n) is 41.1. The molecule has 0 unspecified atom stereocenters. The van der Waals surface area contributed by atoms with Crippen molar-refractivity contribution < 1.29 is 0 Å². The maximum absolute atomic E-state index is 4.70. The number of fused-ring (bicyclic) bond motifs is 4. The molecule has 0 aliphatic carbocycles. The van der Waals surface area contributed by atoms with Crippen molar-refractivity contribution in [3.63, 3.8) is 0 Å². The fraction of sp³-hybridized carbons (Fsp3) is 0.296. The number of benzene rings is 4. The number of H-pyrrole nitrogens is 4. The first-order chi connectivity index (χ1) is 31.3. The van der Waals surface area contributed by atoms with Crippen LogP contribution in [0.4, 0.5) is 0 Å². The smallest absolute Gasteiger partial charge is 0.157 e. The molecule has 10 nitrogen and oxygen atoms in total. The Hall–Kier alpha value is -6.94. The zero-order chi connectivity index (χ0) is 47.3. The van der Waals surface area contributed by atoms with E-state index in [2.05, 4.69) is 112 Å². The Morgan fingerprint density at radius 3 is 1.12 bits per heavy atom. The highest BCUT2D eigenvalue weighted by Crippen LogP contribution is 2.29. The summed E-state index contributed by atoms with van der Waals surface area (Å²) in [6.07, 6.45) is 5.53. The number of nitrogens with one attached hydrogen (secondary N) is 4. The molecule has 0 fully saturated rings. The summed E-state index contributed by atoms with van der Waals surface area (Å²) in [7, 11) is 0. The second-order valence-corrected chi connectivity index (χ2v) is 13.2. The minimum absolute atomic E-state index is 0.789. The Morgan fingerprint density at radius 2 is 0.719 bits per heavy atom. The lowest BCUT2D eigenvalue weighted by Crippen LogP contribution is -1.85. The van der Waals surface area contributed by atoms with Gasteiger partial charge in [-0.25, -0.2) is 19.9 Å². The molecule has 4 N–H and O–H groups in total. The standard InChI is InChI=1S/2C21H17N5.6C2H6/c1-12-3-6-18(22-11-12)21-25-17-8-5-15(10-20(17)26-21)14-4-7-16-19(9-14)24-13(2)23-16;1-12-7-16(11-22-10-12)21-25-18-6-4-15(9-20(18)26-21)14-3-5-17-19(8-14)24-13(2)23-17;6*1-2/h2*3-11H,1-2H3,(H,23,24)(H,25,26);6*1-2H3. The first-order valence-corrected chi connectivity index (χ1v) is 23.1. The minimum atomic E-state index is 0.789. The van der Waals surface area contributed by atoms with Crippen LogP contribution in [0.3, 0.4) is 0 Å². The molecule has 6 aromatic heterocycles. The van der Waals surface area contributed by atoms with E-state index in [9.17, 15) is 0 Å². The number of aryl methyl sites for hydroxylation is 4. The van der Waals surface area contributed by atoms with Crippen molar-refractivity contribution in [3.8, 4) is 45.2 Å². The average molecular weight is 859 g/mol. The molecule has 6 heterocycles. The van der Waals surface area contributed by atoms with Gasteiger partial charge in [-0.3, -0.25) is 9.97 Å². The van der Waals surface area contributed by atoms with Crippen LogP contribution < -0.4 is 0 Å². The summed E-state index contributed by atoms with van der Waals surface area (Å²) in [5.74, 6) is 3.48. The van der Waals surface area contributed by atoms with Gasteiger partial charge < -0.3 is 19.9 Å². The van der Waals surface area contributed by atoms with E-state index < -0.39 is 0 Å². The van der Waals surface area contributed by atoms with Crippen molar-refractivity contribution >= 4 is 44.1 Å². The largest absolute Gasteiger partial charge is 0.342 e. The molecule has 0 atom stereocenters. The third-order valence-corrected chi connectivity index (χ3v) is 9.13. The summed E-state index contributed by atoms with van der Waals surface area (Å²) >= 11 is 0. The third kappa shape index (κ3) is 12.6. The molecule has 0 saturated carbocycles. The van der Waals surface area contributed by atoms with Gasteiger partial charge in [0.1, 0.15) is 23.2 Å². The molecular weight excluding hydrogens is 789 g/mol. The number of hydrogen-bond acceptors (Lipinski definition) is 6. The molecule has 0 aliphatic heterocycles. The van der Waals surface area contributed by atoms with Gasteiger partial charge in [-0.15, -0.1) is 0 Å². The molecule has 10 aromatic rings. The first kappa shape index (κ1) is 51.4. The van der Waals surface area contributed by atoms with Crippen LogP contribution >= 0.6 is 0 Å². The molecule has 4 aromatic carbocycles. The Kier molecular flexibility index (Phi) is 20.8. The second kappa shape index (κ2) is 25.9. The highest BCUT2D eigenvalue weighted by molar-refractivity contribution is 5.89. The van der Waals surface area contributed by atoms with Crippen LogP contribution in [0.25, 0.3) is 89.3 Å². The van der Waals surface area contributed by atoms with Crippen molar-refractivity contribution in [2.75, 3.05) is 0 Å². The third-order valence-electron chi connectivity index (χ3n) is 9.13. The summed E-state index contributed by atoms with van der Waals surface area (Å²) in [6.45, 7) is 32.0. The molecule has 336 valence electrons. The number of aromatic amines is 4. The van der Waals surface area contributed by atoms with E-state index in [1.165, 1.54) is 0 Å². The van der Waals surface area contributed by atoms with E-state index in [0.29, 0.717) is 0 Å². The van der Waals surface area contributed by atoms with Crippen LogP contribution in [0, 0.1) is 27.7 Å². The van der Waals surface area contributed by atoms with E-state index in [1.54, 1.807) is 0 Å². The molecule has 0 bridgehead atoms. The highest BCUT2D eigenvalue weighted by Gasteiger charge is 2.11. The van der Waals surface area contributed by atoms with Crippen molar-refractivity contribution in [2.45, 2.75) is 111 Å². The van der Waals surface area contributed by atoms with Gasteiger partial charge in [0.25, 0.3) is 0 Å². The van der Waals surface area contributed by atoms with Crippen molar-refractivity contribution in [2.24, 2.45) is 0 Å². The number of nitrogens with zero attached hydrogens (tertiary/aromatic N) is 6. The highest BCUT2D eigenvalue weighted by atomic mass is 15.0. The normalized spacial score (nSPS) is 9.88. The van der Waals surface area contributed by atoms with Gasteiger partial charge >= 0.3 is 0 Å². The lowest BCUT2D eigenvalue weighted by Gasteiger charge is -2.01. The van der Waals surface area contributed by atoms with Gasteiger partial charge in [0.15, 0.2) is 5.82 Å².